The second-order valence-electron chi connectivity index (χ2n) is 5.83. The van der Waals surface area contributed by atoms with E-state index in [1.54, 1.807) is 48.7 Å². The molecule has 11 heteroatoms. The van der Waals surface area contributed by atoms with Crippen LogP contribution in [-0.2, 0) is 14.3 Å². The van der Waals surface area contributed by atoms with Gasteiger partial charge in [0, 0.05) is 10.6 Å². The molecule has 1 aromatic carbocycles. The van der Waals surface area contributed by atoms with E-state index in [9.17, 15) is 14.4 Å². The molecule has 0 bridgehead atoms. The maximum atomic E-state index is 12.4. The molecule has 0 aliphatic rings. The first-order chi connectivity index (χ1) is 14.0. The first-order valence-corrected chi connectivity index (χ1v) is 9.83. The molecule has 2 amide bonds. The maximum absolute atomic E-state index is 12.4. The van der Waals surface area contributed by atoms with Crippen LogP contribution in [-0.4, -0.2) is 44.6 Å². The highest BCUT2D eigenvalue weighted by Gasteiger charge is 2.24. The number of imide groups is 1. The zero-order valence-corrected chi connectivity index (χ0v) is 16.8. The first kappa shape index (κ1) is 20.6. The van der Waals surface area contributed by atoms with Gasteiger partial charge in [0.25, 0.3) is 11.8 Å². The summed E-state index contributed by atoms with van der Waals surface area (Å²) in [6.45, 7) is 1.16. The Labute approximate surface area is 174 Å². The highest BCUT2D eigenvalue weighted by molar-refractivity contribution is 7.12. The van der Waals surface area contributed by atoms with E-state index < -0.39 is 30.4 Å². The number of ether oxygens (including phenoxy) is 1. The van der Waals surface area contributed by atoms with Crippen molar-refractivity contribution in [3.63, 3.8) is 0 Å². The number of nitrogens with zero attached hydrogens (tertiary/aromatic N) is 4. The Balaban J connectivity index is 1.58. The van der Waals surface area contributed by atoms with Crippen LogP contribution in [0.2, 0.25) is 5.02 Å². The maximum Gasteiger partial charge on any atom is 0.333 e. The molecule has 1 N–H and O–H groups in total. The topological polar surface area (TPSA) is 116 Å². The third-order valence-corrected chi connectivity index (χ3v) is 4.93. The number of benzene rings is 1. The number of thiophene rings is 1. The highest BCUT2D eigenvalue weighted by atomic mass is 35.5. The average molecular weight is 434 g/mol. The number of rotatable bonds is 7. The van der Waals surface area contributed by atoms with Crippen LogP contribution in [0.5, 0.6) is 0 Å². The SMILES string of the molecule is CCC(C(=O)OCC(=O)NC(=O)c1cccs1)n1nnc(-c2ccc(Cl)cc2)n1. The summed E-state index contributed by atoms with van der Waals surface area (Å²) < 4.78 is 5.01. The lowest BCUT2D eigenvalue weighted by Crippen LogP contribution is -2.35. The van der Waals surface area contributed by atoms with E-state index in [1.807, 2.05) is 0 Å². The van der Waals surface area contributed by atoms with Gasteiger partial charge in [-0.2, -0.15) is 0 Å². The fourth-order valence-corrected chi connectivity index (χ4v) is 3.11. The Kier molecular flexibility index (Phi) is 6.68. The Morgan fingerprint density at radius 1 is 1.24 bits per heavy atom. The van der Waals surface area contributed by atoms with Crippen molar-refractivity contribution in [2.45, 2.75) is 19.4 Å². The molecule has 9 nitrogen and oxygen atoms in total. The van der Waals surface area contributed by atoms with Crippen molar-refractivity contribution >= 4 is 40.7 Å². The molecule has 0 saturated heterocycles. The van der Waals surface area contributed by atoms with Gasteiger partial charge in [-0.1, -0.05) is 24.6 Å². The first-order valence-electron chi connectivity index (χ1n) is 8.57. The molecule has 3 rings (SSSR count). The highest BCUT2D eigenvalue weighted by Crippen LogP contribution is 2.19. The lowest BCUT2D eigenvalue weighted by Gasteiger charge is -2.12. The van der Waals surface area contributed by atoms with Crippen LogP contribution in [0.1, 0.15) is 29.1 Å². The van der Waals surface area contributed by atoms with Gasteiger partial charge in [0.15, 0.2) is 12.6 Å². The molecule has 1 unspecified atom stereocenters. The molecule has 0 radical (unpaired) electrons. The molecule has 1 atom stereocenters. The summed E-state index contributed by atoms with van der Waals surface area (Å²) in [5, 5.41) is 16.5. The molecule has 150 valence electrons. The van der Waals surface area contributed by atoms with Crippen LogP contribution < -0.4 is 5.32 Å². The van der Waals surface area contributed by atoms with Crippen molar-refractivity contribution < 1.29 is 19.1 Å². The minimum absolute atomic E-state index is 0.324. The van der Waals surface area contributed by atoms with E-state index in [-0.39, 0.29) is 0 Å². The summed E-state index contributed by atoms with van der Waals surface area (Å²) in [5.41, 5.74) is 0.690. The number of esters is 1. The molecule has 0 fully saturated rings. The number of aromatic nitrogens is 4. The molecule has 2 aromatic heterocycles. The van der Waals surface area contributed by atoms with Gasteiger partial charge in [0.2, 0.25) is 5.82 Å². The van der Waals surface area contributed by atoms with Gasteiger partial charge in [0.1, 0.15) is 0 Å². The summed E-state index contributed by atoms with van der Waals surface area (Å²) in [7, 11) is 0. The average Bonchev–Trinajstić information content (AvgIpc) is 3.40. The van der Waals surface area contributed by atoms with Crippen LogP contribution in [0.3, 0.4) is 0 Å². The number of amides is 2. The smallest absolute Gasteiger partial charge is 0.333 e. The van der Waals surface area contributed by atoms with Crippen LogP contribution >= 0.6 is 22.9 Å². The number of hydrogen-bond donors (Lipinski definition) is 1. The quantitative estimate of drug-likeness (QED) is 0.569. The van der Waals surface area contributed by atoms with Gasteiger partial charge in [-0.15, -0.1) is 26.3 Å². The molecule has 3 aromatic rings. The van der Waals surface area contributed by atoms with Crippen LogP contribution in [0.25, 0.3) is 11.4 Å². The van der Waals surface area contributed by atoms with Crippen molar-refractivity contribution in [2.75, 3.05) is 6.61 Å². The van der Waals surface area contributed by atoms with Gasteiger partial charge in [-0.05, 0) is 47.3 Å². The van der Waals surface area contributed by atoms with Gasteiger partial charge in [0.05, 0.1) is 4.88 Å². The summed E-state index contributed by atoms with van der Waals surface area (Å²) in [5.74, 6) is -1.64. The number of tetrazole rings is 1. The molecule has 0 aliphatic heterocycles. The molecule has 0 spiro atoms. The van der Waals surface area contributed by atoms with Crippen LogP contribution in [0, 0.1) is 0 Å². The normalized spacial score (nSPS) is 11.7. The van der Waals surface area contributed by atoms with Gasteiger partial charge >= 0.3 is 5.97 Å². The Hall–Kier alpha value is -3.11. The molecule has 0 saturated carbocycles. The lowest BCUT2D eigenvalue weighted by atomic mass is 10.2. The zero-order chi connectivity index (χ0) is 20.8. The van der Waals surface area contributed by atoms with Crippen LogP contribution in [0.15, 0.2) is 41.8 Å². The van der Waals surface area contributed by atoms with Crippen molar-refractivity contribution in [1.29, 1.82) is 0 Å². The Morgan fingerprint density at radius 3 is 2.66 bits per heavy atom. The van der Waals surface area contributed by atoms with Crippen molar-refractivity contribution in [3.05, 3.63) is 51.7 Å². The van der Waals surface area contributed by atoms with Crippen LogP contribution in [0.4, 0.5) is 0 Å². The van der Waals surface area contributed by atoms with Gasteiger partial charge < -0.3 is 4.74 Å². The Morgan fingerprint density at radius 2 is 2.00 bits per heavy atom. The monoisotopic (exact) mass is 433 g/mol. The predicted molar refractivity (Wildman–Crippen MR) is 105 cm³/mol. The van der Waals surface area contributed by atoms with E-state index in [0.717, 1.165) is 4.80 Å². The molecule has 0 aliphatic carbocycles. The second kappa shape index (κ2) is 9.39. The third-order valence-electron chi connectivity index (χ3n) is 3.81. The van der Waals surface area contributed by atoms with E-state index in [0.29, 0.717) is 27.7 Å². The minimum Gasteiger partial charge on any atom is -0.454 e. The van der Waals surface area contributed by atoms with Crippen molar-refractivity contribution in [1.82, 2.24) is 25.5 Å². The third kappa shape index (κ3) is 5.24. The van der Waals surface area contributed by atoms with Gasteiger partial charge in [-0.3, -0.25) is 14.9 Å². The fraction of sp³-hybridized carbons (Fsp3) is 0.222. The van der Waals surface area contributed by atoms with Crippen molar-refractivity contribution in [2.24, 2.45) is 0 Å². The summed E-state index contributed by atoms with van der Waals surface area (Å²) in [6, 6.07) is 9.28. The number of carbonyl (C=O) groups is 3. The molecule has 29 heavy (non-hydrogen) atoms. The van der Waals surface area contributed by atoms with Crippen molar-refractivity contribution in [3.8, 4) is 11.4 Å². The van der Waals surface area contributed by atoms with E-state index >= 15 is 0 Å². The lowest BCUT2D eigenvalue weighted by molar-refractivity contribution is -0.152. The van der Waals surface area contributed by atoms with E-state index in [2.05, 4.69) is 20.7 Å². The standard InChI is InChI=1S/C18H16ClN5O4S/c1-2-13(24-22-16(21-23-24)11-5-7-12(19)8-6-11)18(27)28-10-15(25)20-17(26)14-4-3-9-29-14/h3-9,13H,2,10H2,1H3,(H,20,25,26). The zero-order valence-electron chi connectivity index (χ0n) is 15.2. The predicted octanol–water partition coefficient (Wildman–Crippen LogP) is 2.51. The molecule has 2 heterocycles. The molecular weight excluding hydrogens is 418 g/mol. The summed E-state index contributed by atoms with van der Waals surface area (Å²) in [4.78, 5) is 37.6. The number of nitrogens with one attached hydrogen (secondary N) is 1. The van der Waals surface area contributed by atoms with Gasteiger partial charge in [-0.25, -0.2) is 4.79 Å². The largest absolute Gasteiger partial charge is 0.454 e. The summed E-state index contributed by atoms with van der Waals surface area (Å²) in [6.07, 6.45) is 0.324. The summed E-state index contributed by atoms with van der Waals surface area (Å²) >= 11 is 7.06. The second-order valence-corrected chi connectivity index (χ2v) is 7.21. The number of hydrogen-bond acceptors (Lipinski definition) is 8. The minimum atomic E-state index is -0.857. The molecular formula is C18H16ClN5O4S. The number of carbonyl (C=O) groups excluding carboxylic acids is 3. The Bertz CT molecular complexity index is 1000. The van der Waals surface area contributed by atoms with E-state index in [1.165, 1.54) is 11.3 Å². The fourth-order valence-electron chi connectivity index (χ4n) is 2.36. The van der Waals surface area contributed by atoms with E-state index in [4.69, 9.17) is 16.3 Å². The number of halogens is 1.